The maximum Gasteiger partial charge on any atom is 0.394 e. The molecule has 22 heavy (non-hydrogen) atoms. The first-order chi connectivity index (χ1) is 9.94. The van der Waals surface area contributed by atoms with Gasteiger partial charge in [0.1, 0.15) is 11.9 Å². The van der Waals surface area contributed by atoms with Crippen LogP contribution in [0.25, 0.3) is 0 Å². The predicted molar refractivity (Wildman–Crippen MR) is 66.4 cm³/mol. The van der Waals surface area contributed by atoms with Crippen LogP contribution in [0.1, 0.15) is 19.1 Å². The number of nitrogens with zero attached hydrogens (tertiary/aromatic N) is 1. The molecule has 0 radical (unpaired) electrons. The van der Waals surface area contributed by atoms with Crippen molar-refractivity contribution >= 4 is 7.60 Å². The Kier molecular flexibility index (Phi) is 4.11. The van der Waals surface area contributed by atoms with Crippen LogP contribution in [0.15, 0.2) is 21.9 Å². The Morgan fingerprint density at radius 1 is 1.50 bits per heavy atom. The maximum absolute atomic E-state index is 14.3. The summed E-state index contributed by atoms with van der Waals surface area (Å²) in [6, 6.07) is 0.966. The van der Waals surface area contributed by atoms with Crippen molar-refractivity contribution < 1.29 is 32.3 Å². The second-order valence-corrected chi connectivity index (χ2v) is 6.77. The molecule has 1 aliphatic heterocycles. The summed E-state index contributed by atoms with van der Waals surface area (Å²) < 4.78 is 57.4. The average molecular weight is 344 g/mol. The normalized spacial score (nSPS) is 26.3. The summed E-state index contributed by atoms with van der Waals surface area (Å²) in [5.74, 6) is 0. The predicted octanol–water partition coefficient (Wildman–Crippen LogP) is 0.324. The molecule has 2 rings (SSSR count). The van der Waals surface area contributed by atoms with Gasteiger partial charge in [0.25, 0.3) is 5.56 Å². The van der Waals surface area contributed by atoms with Crippen molar-refractivity contribution in [2.45, 2.75) is 30.4 Å². The molecule has 0 unspecified atom stereocenters. The third-order valence-corrected chi connectivity index (χ3v) is 4.20. The van der Waals surface area contributed by atoms with E-state index in [9.17, 15) is 27.3 Å². The van der Waals surface area contributed by atoms with Gasteiger partial charge >= 0.3 is 18.9 Å². The third kappa shape index (κ3) is 3.32. The number of ether oxygens (including phenoxy) is 1. The van der Waals surface area contributed by atoms with Gasteiger partial charge in [-0.1, -0.05) is 0 Å². The Morgan fingerprint density at radius 3 is 2.68 bits per heavy atom. The molecule has 0 aromatic carbocycles. The molecule has 12 heteroatoms. The van der Waals surface area contributed by atoms with Gasteiger partial charge in [0.2, 0.25) is 0 Å². The number of rotatable bonds is 4. The number of alkyl halides is 3. The Labute approximate surface area is 120 Å². The van der Waals surface area contributed by atoms with Gasteiger partial charge in [-0.3, -0.25) is 18.9 Å². The molecule has 2 heterocycles. The fourth-order valence-electron chi connectivity index (χ4n) is 2.12. The van der Waals surface area contributed by atoms with E-state index in [1.807, 2.05) is 4.98 Å². The van der Waals surface area contributed by atoms with Crippen LogP contribution >= 0.6 is 7.60 Å². The Morgan fingerprint density at radius 2 is 2.14 bits per heavy atom. The zero-order valence-electron chi connectivity index (χ0n) is 10.9. The summed E-state index contributed by atoms with van der Waals surface area (Å²) in [4.78, 5) is 41.4. The highest BCUT2D eigenvalue weighted by molar-refractivity contribution is 7.53. The lowest BCUT2D eigenvalue weighted by atomic mass is 10.0. The van der Waals surface area contributed by atoms with Crippen LogP contribution in [0.3, 0.4) is 0 Å². The summed E-state index contributed by atoms with van der Waals surface area (Å²) in [6.45, 7) is -0.862. The van der Waals surface area contributed by atoms with E-state index in [1.54, 1.807) is 0 Å². The van der Waals surface area contributed by atoms with Gasteiger partial charge in [0, 0.05) is 18.7 Å². The van der Waals surface area contributed by atoms with Crippen molar-refractivity contribution in [1.82, 2.24) is 9.55 Å². The first-order valence-corrected chi connectivity index (χ1v) is 7.60. The molecular weight excluding hydrogens is 332 g/mol. The van der Waals surface area contributed by atoms with Crippen molar-refractivity contribution in [3.63, 3.8) is 0 Å². The first kappa shape index (κ1) is 16.9. The standard InChI is InChI=1S/C10H12F3N2O6P/c11-9(4-10(12,13)22(18,19)20)3-7(21-5-9)15-2-1-6(16)14-8(15)17/h1-2,7H,3-5H2,(H,14,16,17)(H2,18,19,20)/t7-,9-/m1/s1. The lowest BCUT2D eigenvalue weighted by Crippen LogP contribution is -2.34. The van der Waals surface area contributed by atoms with Crippen LogP contribution in [0.4, 0.5) is 13.2 Å². The molecule has 1 saturated heterocycles. The fourth-order valence-corrected chi connectivity index (χ4v) is 2.61. The quantitative estimate of drug-likeness (QED) is 0.677. The minimum atomic E-state index is -5.82. The molecule has 0 bridgehead atoms. The number of H-pyrrole nitrogens is 1. The Bertz CT molecular complexity index is 728. The maximum atomic E-state index is 14.3. The van der Waals surface area contributed by atoms with Crippen molar-refractivity contribution in [1.29, 1.82) is 0 Å². The summed E-state index contributed by atoms with van der Waals surface area (Å²) in [5, 5.41) is 0. The molecule has 0 aliphatic carbocycles. The zero-order chi connectivity index (χ0) is 16.8. The van der Waals surface area contributed by atoms with Crippen LogP contribution in [0.2, 0.25) is 0 Å². The summed E-state index contributed by atoms with van der Waals surface area (Å²) in [7, 11) is -5.82. The van der Waals surface area contributed by atoms with Crippen molar-refractivity contribution in [2.24, 2.45) is 0 Å². The van der Waals surface area contributed by atoms with E-state index in [-0.39, 0.29) is 0 Å². The summed E-state index contributed by atoms with van der Waals surface area (Å²) >= 11 is 0. The molecular formula is C10H12F3N2O6P. The van der Waals surface area contributed by atoms with Gasteiger partial charge in [0.15, 0.2) is 0 Å². The largest absolute Gasteiger partial charge is 0.394 e. The van der Waals surface area contributed by atoms with E-state index in [0.717, 1.165) is 16.8 Å². The fraction of sp³-hybridized carbons (Fsp3) is 0.600. The molecule has 1 fully saturated rings. The third-order valence-electron chi connectivity index (χ3n) is 3.19. The van der Waals surface area contributed by atoms with Crippen LogP contribution in [0, 0.1) is 0 Å². The monoisotopic (exact) mass is 344 g/mol. The van der Waals surface area contributed by atoms with E-state index < -0.39 is 55.9 Å². The van der Waals surface area contributed by atoms with Crippen molar-refractivity contribution in [3.05, 3.63) is 33.1 Å². The molecule has 0 saturated carbocycles. The Balaban J connectivity index is 2.20. The highest BCUT2D eigenvalue weighted by atomic mass is 31.2. The minimum absolute atomic E-state index is 0.696. The number of hydrogen-bond donors (Lipinski definition) is 3. The first-order valence-electron chi connectivity index (χ1n) is 5.99. The van der Waals surface area contributed by atoms with E-state index in [4.69, 9.17) is 14.5 Å². The van der Waals surface area contributed by atoms with Crippen LogP contribution < -0.4 is 11.2 Å². The van der Waals surface area contributed by atoms with E-state index in [1.165, 1.54) is 0 Å². The van der Waals surface area contributed by atoms with Crippen LogP contribution in [-0.4, -0.2) is 37.3 Å². The average Bonchev–Trinajstić information content (AvgIpc) is 2.68. The molecule has 0 amide bonds. The molecule has 2 atom stereocenters. The van der Waals surface area contributed by atoms with Crippen molar-refractivity contribution in [2.75, 3.05) is 6.61 Å². The number of hydrogen-bond acceptors (Lipinski definition) is 4. The van der Waals surface area contributed by atoms with Gasteiger partial charge in [-0.25, -0.2) is 9.18 Å². The second-order valence-electron chi connectivity index (χ2n) is 5.02. The lowest BCUT2D eigenvalue weighted by Gasteiger charge is -2.25. The number of halogens is 3. The van der Waals surface area contributed by atoms with Gasteiger partial charge in [-0.05, 0) is 0 Å². The number of aromatic amines is 1. The highest BCUT2D eigenvalue weighted by Gasteiger charge is 2.57. The SMILES string of the molecule is O=c1ccn([C@H]2C[C@@](F)(CC(F)(F)P(=O)(O)O)CO2)c(=O)[nH]1. The molecule has 1 aromatic heterocycles. The van der Waals surface area contributed by atoms with Crippen LogP contribution in [0.5, 0.6) is 0 Å². The topological polar surface area (TPSA) is 122 Å². The Hall–Kier alpha value is -1.42. The zero-order valence-corrected chi connectivity index (χ0v) is 11.8. The summed E-state index contributed by atoms with van der Waals surface area (Å²) in [6.07, 6.45) is -2.70. The van der Waals surface area contributed by atoms with Gasteiger partial charge in [0.05, 0.1) is 13.0 Å². The second kappa shape index (κ2) is 5.34. The van der Waals surface area contributed by atoms with E-state index in [0.29, 0.717) is 0 Å². The number of nitrogens with one attached hydrogen (secondary N) is 1. The van der Waals surface area contributed by atoms with Gasteiger partial charge in [-0.15, -0.1) is 0 Å². The summed E-state index contributed by atoms with van der Waals surface area (Å²) in [5.41, 5.74) is -8.87. The van der Waals surface area contributed by atoms with Crippen molar-refractivity contribution in [3.8, 4) is 0 Å². The number of aromatic nitrogens is 2. The van der Waals surface area contributed by atoms with Gasteiger partial charge < -0.3 is 14.5 Å². The molecule has 3 N–H and O–H groups in total. The smallest absolute Gasteiger partial charge is 0.354 e. The van der Waals surface area contributed by atoms with Gasteiger partial charge in [-0.2, -0.15) is 8.78 Å². The lowest BCUT2D eigenvalue weighted by molar-refractivity contribution is -0.0162. The van der Waals surface area contributed by atoms with Crippen LogP contribution in [-0.2, 0) is 9.30 Å². The highest BCUT2D eigenvalue weighted by Crippen LogP contribution is 2.58. The minimum Gasteiger partial charge on any atom is -0.354 e. The molecule has 1 aromatic rings. The van der Waals surface area contributed by atoms with E-state index >= 15 is 0 Å². The molecule has 124 valence electrons. The molecule has 8 nitrogen and oxygen atoms in total. The molecule has 1 aliphatic rings. The molecule has 0 spiro atoms. The van der Waals surface area contributed by atoms with E-state index in [2.05, 4.69) is 0 Å².